The lowest BCUT2D eigenvalue weighted by Gasteiger charge is -2.60. The van der Waals surface area contributed by atoms with Gasteiger partial charge in [-0.3, -0.25) is 4.21 Å². The number of phenols is 1. The Morgan fingerprint density at radius 3 is 2.90 bits per heavy atom. The third kappa shape index (κ3) is 2.23. The second-order valence-corrected chi connectivity index (χ2v) is 11.5. The number of fused-ring (bicyclic) bond motifs is 1. The summed E-state index contributed by atoms with van der Waals surface area (Å²) in [6.07, 6.45) is 4.42. The van der Waals surface area contributed by atoms with Crippen molar-refractivity contribution in [2.45, 2.75) is 54.2 Å². The number of benzene rings is 2. The normalized spacial score (nSPS) is 37.7. The van der Waals surface area contributed by atoms with Crippen LogP contribution in [0.4, 0.5) is 5.69 Å². The van der Waals surface area contributed by atoms with Gasteiger partial charge in [-0.15, -0.1) is 0 Å². The molecule has 2 aliphatic carbocycles. The third-order valence-corrected chi connectivity index (χ3v) is 10.3. The van der Waals surface area contributed by atoms with Gasteiger partial charge in [0.1, 0.15) is 6.10 Å². The summed E-state index contributed by atoms with van der Waals surface area (Å²) >= 11 is 0. The Labute approximate surface area is 185 Å². The largest absolute Gasteiger partial charge is 0.504 e. The Morgan fingerprint density at radius 2 is 2.00 bits per heavy atom. The number of likely N-dealkylation sites (tertiary alicyclic amines) is 1. The average Bonchev–Trinajstić information content (AvgIpc) is 3.14. The smallest absolute Gasteiger partial charge is 0.165 e. The van der Waals surface area contributed by atoms with Crippen LogP contribution in [0, 0.1) is 5.92 Å². The molecule has 2 aromatic rings. The van der Waals surface area contributed by atoms with Crippen LogP contribution in [-0.2, 0) is 22.6 Å². The van der Waals surface area contributed by atoms with Gasteiger partial charge in [-0.25, -0.2) is 0 Å². The molecule has 1 N–H and O–H groups in total. The van der Waals surface area contributed by atoms with Gasteiger partial charge in [0.25, 0.3) is 0 Å². The second kappa shape index (κ2) is 6.26. The van der Waals surface area contributed by atoms with Crippen LogP contribution in [0.1, 0.15) is 30.4 Å². The summed E-state index contributed by atoms with van der Waals surface area (Å²) in [5.74, 6) is 2.27. The molecule has 6 heteroatoms. The van der Waals surface area contributed by atoms with E-state index >= 15 is 0 Å². The Balaban J connectivity index is 1.39. The maximum Gasteiger partial charge on any atom is 0.165 e. The van der Waals surface area contributed by atoms with Crippen molar-refractivity contribution >= 4 is 16.5 Å². The van der Waals surface area contributed by atoms with E-state index in [1.165, 1.54) is 17.5 Å². The number of rotatable bonds is 1. The molecule has 2 aromatic carbocycles. The molecule has 1 spiro atoms. The minimum Gasteiger partial charge on any atom is -0.504 e. The molecule has 7 rings (SSSR count). The first-order chi connectivity index (χ1) is 15.1. The van der Waals surface area contributed by atoms with Crippen LogP contribution in [-0.4, -0.2) is 58.3 Å². The number of phenolic OH excluding ortho intramolecular Hbond substituents is 1. The highest BCUT2D eigenvalue weighted by Crippen LogP contribution is 2.64. The highest BCUT2D eigenvalue weighted by Gasteiger charge is 2.66. The van der Waals surface area contributed by atoms with Crippen molar-refractivity contribution in [2.75, 3.05) is 30.8 Å². The van der Waals surface area contributed by atoms with Crippen LogP contribution in [0.3, 0.4) is 0 Å². The van der Waals surface area contributed by atoms with Crippen molar-refractivity contribution in [1.82, 2.24) is 4.90 Å². The molecule has 0 amide bonds. The quantitative estimate of drug-likeness (QED) is 0.745. The molecule has 1 saturated carbocycles. The predicted molar refractivity (Wildman–Crippen MR) is 121 cm³/mol. The van der Waals surface area contributed by atoms with Crippen molar-refractivity contribution in [1.29, 1.82) is 0 Å². The zero-order chi connectivity index (χ0) is 20.9. The number of ether oxygens (including phenoxy) is 1. The SMILES string of the molecule is CN1CC[C@]23c4c5ccc(O)c4O[C@H]2[C@H](N2CCS(=O)c4ccccc42)CC[C@H]3[C@@H]1C5. The number of hydrogen-bond acceptors (Lipinski definition) is 5. The lowest BCUT2D eigenvalue weighted by atomic mass is 9.51. The fourth-order valence-corrected chi connectivity index (χ4v) is 8.90. The van der Waals surface area contributed by atoms with Gasteiger partial charge in [0, 0.05) is 29.3 Å². The first kappa shape index (κ1) is 18.5. The minimum absolute atomic E-state index is 0.0205. The zero-order valence-electron chi connectivity index (χ0n) is 17.8. The van der Waals surface area contributed by atoms with Gasteiger partial charge in [0.15, 0.2) is 11.5 Å². The monoisotopic (exact) mass is 436 g/mol. The van der Waals surface area contributed by atoms with Gasteiger partial charge in [0.2, 0.25) is 0 Å². The summed E-state index contributed by atoms with van der Waals surface area (Å²) < 4.78 is 19.5. The van der Waals surface area contributed by atoms with Crippen LogP contribution in [0.5, 0.6) is 11.5 Å². The lowest BCUT2D eigenvalue weighted by Crippen LogP contribution is -2.68. The molecular weight excluding hydrogens is 408 g/mol. The van der Waals surface area contributed by atoms with Crippen molar-refractivity contribution in [3.63, 3.8) is 0 Å². The molecule has 3 heterocycles. The molecule has 6 atom stereocenters. The fraction of sp³-hybridized carbons (Fsp3) is 0.520. The minimum atomic E-state index is -0.930. The van der Waals surface area contributed by atoms with Crippen molar-refractivity contribution in [2.24, 2.45) is 5.92 Å². The maximum atomic E-state index is 12.7. The average molecular weight is 437 g/mol. The van der Waals surface area contributed by atoms with Gasteiger partial charge in [0.05, 0.1) is 27.4 Å². The number of hydrogen-bond donors (Lipinski definition) is 1. The summed E-state index contributed by atoms with van der Waals surface area (Å²) in [5, 5.41) is 10.8. The van der Waals surface area contributed by atoms with Crippen molar-refractivity contribution in [3.05, 3.63) is 47.5 Å². The van der Waals surface area contributed by atoms with E-state index in [4.69, 9.17) is 4.74 Å². The highest BCUT2D eigenvalue weighted by atomic mass is 32.2. The molecule has 5 aliphatic rings. The molecule has 3 aliphatic heterocycles. The van der Waals surface area contributed by atoms with E-state index in [2.05, 4.69) is 35.0 Å². The van der Waals surface area contributed by atoms with E-state index in [0.29, 0.717) is 17.7 Å². The molecule has 162 valence electrons. The molecule has 1 unspecified atom stereocenters. The summed E-state index contributed by atoms with van der Waals surface area (Å²) in [6.45, 7) is 1.87. The zero-order valence-corrected chi connectivity index (χ0v) is 18.6. The predicted octanol–water partition coefficient (Wildman–Crippen LogP) is 3.06. The van der Waals surface area contributed by atoms with E-state index < -0.39 is 10.8 Å². The van der Waals surface area contributed by atoms with Gasteiger partial charge in [-0.1, -0.05) is 18.2 Å². The van der Waals surface area contributed by atoms with Crippen molar-refractivity contribution < 1.29 is 14.1 Å². The maximum absolute atomic E-state index is 12.7. The number of likely N-dealkylation sites (N-methyl/N-ethyl adjacent to an activating group) is 1. The molecule has 2 fully saturated rings. The fourth-order valence-electron chi connectivity index (χ4n) is 7.67. The topological polar surface area (TPSA) is 53.0 Å². The van der Waals surface area contributed by atoms with Crippen LogP contribution in [0.2, 0.25) is 0 Å². The molecule has 0 aromatic heterocycles. The van der Waals surface area contributed by atoms with Crippen LogP contribution >= 0.6 is 0 Å². The first-order valence-corrected chi connectivity index (χ1v) is 12.9. The second-order valence-electron chi connectivity index (χ2n) is 9.99. The molecule has 0 radical (unpaired) electrons. The molecular formula is C25H28N2O3S. The van der Waals surface area contributed by atoms with Crippen molar-refractivity contribution in [3.8, 4) is 11.5 Å². The van der Waals surface area contributed by atoms with Crippen LogP contribution in [0.25, 0.3) is 0 Å². The summed E-state index contributed by atoms with van der Waals surface area (Å²) in [5.41, 5.74) is 3.76. The Morgan fingerprint density at radius 1 is 1.13 bits per heavy atom. The molecule has 1 saturated heterocycles. The summed E-state index contributed by atoms with van der Waals surface area (Å²) in [7, 11) is 1.34. The summed E-state index contributed by atoms with van der Waals surface area (Å²) in [6, 6.07) is 12.9. The van der Waals surface area contributed by atoms with E-state index in [-0.39, 0.29) is 23.3 Å². The number of nitrogens with zero attached hydrogens (tertiary/aromatic N) is 2. The molecule has 2 bridgehead atoms. The number of piperidine rings is 1. The van der Waals surface area contributed by atoms with E-state index in [1.807, 2.05) is 18.2 Å². The first-order valence-electron chi connectivity index (χ1n) is 11.6. The van der Waals surface area contributed by atoms with Crippen LogP contribution < -0.4 is 9.64 Å². The van der Waals surface area contributed by atoms with E-state index in [9.17, 15) is 9.32 Å². The Hall–Kier alpha value is -2.05. The van der Waals surface area contributed by atoms with Gasteiger partial charge >= 0.3 is 0 Å². The summed E-state index contributed by atoms with van der Waals surface area (Å²) in [4.78, 5) is 5.99. The lowest BCUT2D eigenvalue weighted by molar-refractivity contribution is -0.0523. The standard InChI is InChI=1S/C25H28N2O3S/c1-26-11-10-25-16-7-8-18(27-12-13-31(29)21-5-3-2-4-17(21)27)24(25)30-23-20(28)9-6-15(22(23)25)14-19(16)26/h2-6,9,16,18-19,24,28H,7-8,10-14H2,1H3/t16-,18+,19-,24-,25-,31?/m0/s1. The van der Waals surface area contributed by atoms with Gasteiger partial charge in [-0.05, 0) is 69.0 Å². The number of aromatic hydroxyl groups is 1. The number of para-hydroxylation sites is 1. The van der Waals surface area contributed by atoms with Gasteiger partial charge in [-0.2, -0.15) is 0 Å². The molecule has 31 heavy (non-hydrogen) atoms. The third-order valence-electron chi connectivity index (χ3n) is 8.90. The Kier molecular flexibility index (Phi) is 3.74. The van der Waals surface area contributed by atoms with E-state index in [0.717, 1.165) is 48.7 Å². The molecule has 5 nitrogen and oxygen atoms in total. The Bertz CT molecular complexity index is 1120. The van der Waals surface area contributed by atoms with Gasteiger partial charge < -0.3 is 19.6 Å². The van der Waals surface area contributed by atoms with E-state index in [1.54, 1.807) is 0 Å². The highest BCUT2D eigenvalue weighted by molar-refractivity contribution is 7.85. The van der Waals surface area contributed by atoms with Crippen LogP contribution in [0.15, 0.2) is 41.3 Å². The number of anilines is 1.